The maximum Gasteiger partial charge on any atom is 0.306 e. The molecule has 0 aliphatic carbocycles. The number of ether oxygens (including phenoxy) is 1. The van der Waals surface area contributed by atoms with Crippen molar-refractivity contribution in [3.63, 3.8) is 0 Å². The highest BCUT2D eigenvalue weighted by molar-refractivity contribution is 6.30. The molecule has 2 aromatic rings. The lowest BCUT2D eigenvalue weighted by Gasteiger charge is -2.08. The molecule has 3 amide bonds. The molecule has 0 radical (unpaired) electrons. The number of halogens is 1. The molecule has 32 heavy (non-hydrogen) atoms. The minimum Gasteiger partial charge on any atom is -0.455 e. The SMILES string of the molecule is CC(=O)c1cccc(NC(=O)CCCC(=O)OCC(=O)NNC(=O)c2ccc(Cl)cc2)c1. The van der Waals surface area contributed by atoms with Gasteiger partial charge in [-0.15, -0.1) is 0 Å². The molecular weight excluding hydrogens is 438 g/mol. The predicted molar refractivity (Wildman–Crippen MR) is 117 cm³/mol. The maximum atomic E-state index is 12.0. The smallest absolute Gasteiger partial charge is 0.306 e. The van der Waals surface area contributed by atoms with Crippen molar-refractivity contribution in [1.29, 1.82) is 0 Å². The first-order chi connectivity index (χ1) is 15.2. The lowest BCUT2D eigenvalue weighted by atomic mass is 10.1. The number of amides is 3. The third-order valence-corrected chi connectivity index (χ3v) is 4.38. The van der Waals surface area contributed by atoms with E-state index in [-0.39, 0.29) is 36.5 Å². The van der Waals surface area contributed by atoms with Gasteiger partial charge in [0.1, 0.15) is 0 Å². The van der Waals surface area contributed by atoms with Crippen LogP contribution in [0, 0.1) is 0 Å². The molecule has 0 heterocycles. The first-order valence-corrected chi connectivity index (χ1v) is 10.0. The molecule has 0 aliphatic heterocycles. The zero-order valence-electron chi connectivity index (χ0n) is 17.3. The lowest BCUT2D eigenvalue weighted by Crippen LogP contribution is -2.43. The number of hydrogen-bond donors (Lipinski definition) is 3. The number of benzene rings is 2. The van der Waals surface area contributed by atoms with Crippen LogP contribution in [0.1, 0.15) is 46.9 Å². The number of nitrogens with one attached hydrogen (secondary N) is 3. The number of ketones is 1. The van der Waals surface area contributed by atoms with Crippen LogP contribution in [0.5, 0.6) is 0 Å². The molecule has 0 aliphatic rings. The number of hydrogen-bond acceptors (Lipinski definition) is 6. The summed E-state index contributed by atoms with van der Waals surface area (Å²) >= 11 is 5.74. The first kappa shape index (κ1) is 24.5. The molecular formula is C22H22ClN3O6. The van der Waals surface area contributed by atoms with Crippen LogP contribution < -0.4 is 16.2 Å². The molecule has 2 rings (SSSR count). The summed E-state index contributed by atoms with van der Waals surface area (Å²) in [6, 6.07) is 12.6. The fourth-order valence-corrected chi connectivity index (χ4v) is 2.61. The maximum absolute atomic E-state index is 12.0. The van der Waals surface area contributed by atoms with Gasteiger partial charge in [0.2, 0.25) is 5.91 Å². The Kier molecular flexibility index (Phi) is 9.37. The molecule has 0 saturated heterocycles. The van der Waals surface area contributed by atoms with E-state index in [9.17, 15) is 24.0 Å². The van der Waals surface area contributed by atoms with Crippen molar-refractivity contribution in [2.24, 2.45) is 0 Å². The van der Waals surface area contributed by atoms with Gasteiger partial charge in [-0.3, -0.25) is 34.8 Å². The highest BCUT2D eigenvalue weighted by Crippen LogP contribution is 2.12. The molecule has 0 fully saturated rings. The molecule has 3 N–H and O–H groups in total. The van der Waals surface area contributed by atoms with E-state index in [2.05, 4.69) is 16.2 Å². The number of hydrazine groups is 1. The van der Waals surface area contributed by atoms with Crippen LogP contribution in [-0.4, -0.2) is 36.1 Å². The van der Waals surface area contributed by atoms with Crippen LogP contribution in [-0.2, 0) is 19.1 Å². The van der Waals surface area contributed by atoms with Gasteiger partial charge in [-0.25, -0.2) is 0 Å². The van der Waals surface area contributed by atoms with Crippen molar-refractivity contribution in [3.05, 3.63) is 64.7 Å². The third-order valence-electron chi connectivity index (χ3n) is 4.12. The molecule has 0 aromatic heterocycles. The van der Waals surface area contributed by atoms with E-state index in [1.54, 1.807) is 24.3 Å². The molecule has 9 nitrogen and oxygen atoms in total. The zero-order chi connectivity index (χ0) is 23.5. The number of carbonyl (C=O) groups excluding carboxylic acids is 5. The highest BCUT2D eigenvalue weighted by atomic mass is 35.5. The van der Waals surface area contributed by atoms with Gasteiger partial charge in [0.15, 0.2) is 12.4 Å². The van der Waals surface area contributed by atoms with E-state index in [0.29, 0.717) is 16.3 Å². The van der Waals surface area contributed by atoms with Crippen LogP contribution in [0.4, 0.5) is 5.69 Å². The van der Waals surface area contributed by atoms with Crippen molar-refractivity contribution < 1.29 is 28.7 Å². The quantitative estimate of drug-likeness (QED) is 0.300. The van der Waals surface area contributed by atoms with E-state index in [1.807, 2.05) is 0 Å². The first-order valence-electron chi connectivity index (χ1n) is 9.66. The number of esters is 1. The molecule has 0 bridgehead atoms. The van der Waals surface area contributed by atoms with Gasteiger partial charge >= 0.3 is 5.97 Å². The minimum absolute atomic E-state index is 0.0583. The van der Waals surface area contributed by atoms with Gasteiger partial charge in [-0.1, -0.05) is 23.7 Å². The standard InChI is InChI=1S/C22H22ClN3O6/c1-14(27)16-4-2-5-18(12-16)24-19(28)6-3-7-21(30)32-13-20(29)25-26-22(31)15-8-10-17(23)11-9-15/h2,4-5,8-12H,3,6-7,13H2,1H3,(H,24,28)(H,25,29)(H,26,31). The average Bonchev–Trinajstić information content (AvgIpc) is 2.76. The number of carbonyl (C=O) groups is 5. The van der Waals surface area contributed by atoms with Crippen molar-refractivity contribution in [2.75, 3.05) is 11.9 Å². The Morgan fingerprint density at radius 3 is 2.28 bits per heavy atom. The summed E-state index contributed by atoms with van der Waals surface area (Å²) in [6.45, 7) is 0.851. The summed E-state index contributed by atoms with van der Waals surface area (Å²) in [5.41, 5.74) is 5.57. The van der Waals surface area contributed by atoms with Crippen LogP contribution in [0.2, 0.25) is 5.02 Å². The summed E-state index contributed by atoms with van der Waals surface area (Å²) in [5.74, 6) is -2.36. The molecule has 0 saturated carbocycles. The second kappa shape index (κ2) is 12.2. The minimum atomic E-state index is -0.719. The second-order valence-electron chi connectivity index (χ2n) is 6.71. The molecule has 0 unspecified atom stereocenters. The summed E-state index contributed by atoms with van der Waals surface area (Å²) in [4.78, 5) is 58.6. The Morgan fingerprint density at radius 1 is 0.875 bits per heavy atom. The van der Waals surface area contributed by atoms with Gasteiger partial charge in [-0.05, 0) is 49.7 Å². The van der Waals surface area contributed by atoms with Crippen molar-refractivity contribution in [3.8, 4) is 0 Å². The van der Waals surface area contributed by atoms with Gasteiger partial charge < -0.3 is 10.1 Å². The fraction of sp³-hybridized carbons (Fsp3) is 0.227. The lowest BCUT2D eigenvalue weighted by molar-refractivity contribution is -0.148. The van der Waals surface area contributed by atoms with Crippen LogP contribution in [0.15, 0.2) is 48.5 Å². The van der Waals surface area contributed by atoms with Crippen molar-refractivity contribution in [1.82, 2.24) is 10.9 Å². The van der Waals surface area contributed by atoms with E-state index in [0.717, 1.165) is 0 Å². The Morgan fingerprint density at radius 2 is 1.59 bits per heavy atom. The largest absolute Gasteiger partial charge is 0.455 e. The van der Waals surface area contributed by atoms with Gasteiger partial charge in [0.25, 0.3) is 11.8 Å². The Bertz CT molecular complexity index is 1010. The van der Waals surface area contributed by atoms with E-state index in [1.165, 1.54) is 31.2 Å². The molecule has 0 spiro atoms. The van der Waals surface area contributed by atoms with Crippen LogP contribution >= 0.6 is 11.6 Å². The van der Waals surface area contributed by atoms with Crippen LogP contribution in [0.3, 0.4) is 0 Å². The molecule has 0 atom stereocenters. The normalized spacial score (nSPS) is 10.1. The topological polar surface area (TPSA) is 131 Å². The monoisotopic (exact) mass is 459 g/mol. The van der Waals surface area contributed by atoms with Gasteiger partial charge in [0.05, 0.1) is 0 Å². The summed E-state index contributed by atoms with van der Waals surface area (Å²) < 4.78 is 4.81. The second-order valence-corrected chi connectivity index (χ2v) is 7.15. The Labute approximate surface area is 189 Å². The van der Waals surface area contributed by atoms with Gasteiger partial charge in [0, 0.05) is 34.7 Å². The fourth-order valence-electron chi connectivity index (χ4n) is 2.49. The van der Waals surface area contributed by atoms with Gasteiger partial charge in [-0.2, -0.15) is 0 Å². The zero-order valence-corrected chi connectivity index (χ0v) is 18.0. The summed E-state index contributed by atoms with van der Waals surface area (Å²) in [7, 11) is 0. The van der Waals surface area contributed by atoms with Crippen molar-refractivity contribution >= 4 is 46.8 Å². The summed E-state index contributed by atoms with van der Waals surface area (Å²) in [5, 5.41) is 3.12. The number of rotatable bonds is 9. The Hall–Kier alpha value is -3.72. The molecule has 168 valence electrons. The van der Waals surface area contributed by atoms with E-state index < -0.39 is 24.4 Å². The summed E-state index contributed by atoms with van der Waals surface area (Å²) in [6.07, 6.45) is 0.208. The van der Waals surface area contributed by atoms with E-state index >= 15 is 0 Å². The Balaban J connectivity index is 1.62. The molecule has 10 heteroatoms. The van der Waals surface area contributed by atoms with Crippen molar-refractivity contribution in [2.45, 2.75) is 26.2 Å². The third kappa shape index (κ3) is 8.57. The van der Waals surface area contributed by atoms with E-state index in [4.69, 9.17) is 16.3 Å². The predicted octanol–water partition coefficient (Wildman–Crippen LogP) is 2.66. The number of Topliss-reactive ketones (excluding diaryl/α,β-unsaturated/α-hetero) is 1. The average molecular weight is 460 g/mol. The van der Waals surface area contributed by atoms with Crippen LogP contribution in [0.25, 0.3) is 0 Å². The molecule has 2 aromatic carbocycles. The highest BCUT2D eigenvalue weighted by Gasteiger charge is 2.11. The number of anilines is 1.